The van der Waals surface area contributed by atoms with E-state index < -0.39 is 0 Å². The first-order valence-electron chi connectivity index (χ1n) is 5.51. The largest absolute Gasteiger partial charge is 0.361 e. The molecular formula is C13H14FN3O. The maximum Gasteiger partial charge on any atom is 0.134 e. The van der Waals surface area contributed by atoms with Crippen molar-refractivity contribution in [1.82, 2.24) is 16.0 Å². The van der Waals surface area contributed by atoms with Gasteiger partial charge in [0, 0.05) is 12.6 Å². The number of hydrogen-bond acceptors (Lipinski definition) is 4. The Labute approximate surface area is 104 Å². The van der Waals surface area contributed by atoms with Crippen molar-refractivity contribution in [3.63, 3.8) is 0 Å². The average Bonchev–Trinajstić information content (AvgIpc) is 2.78. The Morgan fingerprint density at radius 2 is 2.11 bits per heavy atom. The number of halogens is 1. The van der Waals surface area contributed by atoms with Crippen LogP contribution in [0.25, 0.3) is 5.70 Å². The van der Waals surface area contributed by atoms with Crippen molar-refractivity contribution in [2.45, 2.75) is 13.5 Å². The normalized spacial score (nSPS) is 10.3. The lowest BCUT2D eigenvalue weighted by molar-refractivity contribution is 0.395. The maximum atomic E-state index is 12.7. The van der Waals surface area contributed by atoms with Gasteiger partial charge in [-0.1, -0.05) is 23.9 Å². The van der Waals surface area contributed by atoms with Gasteiger partial charge >= 0.3 is 0 Å². The minimum absolute atomic E-state index is 0.241. The van der Waals surface area contributed by atoms with E-state index in [1.165, 1.54) is 12.1 Å². The fourth-order valence-electron chi connectivity index (χ4n) is 1.43. The van der Waals surface area contributed by atoms with Gasteiger partial charge in [0.15, 0.2) is 0 Å². The van der Waals surface area contributed by atoms with Crippen LogP contribution in [0.4, 0.5) is 4.39 Å². The number of benzene rings is 1. The third kappa shape index (κ3) is 3.18. The van der Waals surface area contributed by atoms with Crippen LogP contribution in [-0.2, 0) is 6.54 Å². The lowest BCUT2D eigenvalue weighted by Gasteiger charge is -2.08. The number of hydrogen-bond donors (Lipinski definition) is 2. The molecule has 0 bridgehead atoms. The SMILES string of the molecule is C=C(NNCc1ccc(F)cc1)c1cc(C)on1. The highest BCUT2D eigenvalue weighted by molar-refractivity contribution is 5.57. The summed E-state index contributed by atoms with van der Waals surface area (Å²) in [5.74, 6) is 0.487. The van der Waals surface area contributed by atoms with E-state index in [4.69, 9.17) is 4.52 Å². The molecule has 0 aliphatic rings. The summed E-state index contributed by atoms with van der Waals surface area (Å²) in [4.78, 5) is 0. The topological polar surface area (TPSA) is 50.1 Å². The van der Waals surface area contributed by atoms with Crippen molar-refractivity contribution >= 4 is 5.70 Å². The Balaban J connectivity index is 1.82. The molecule has 5 heteroatoms. The predicted molar refractivity (Wildman–Crippen MR) is 66.6 cm³/mol. The van der Waals surface area contributed by atoms with Crippen LogP contribution in [0.3, 0.4) is 0 Å². The number of rotatable bonds is 5. The van der Waals surface area contributed by atoms with E-state index in [-0.39, 0.29) is 5.82 Å². The predicted octanol–water partition coefficient (Wildman–Crippen LogP) is 2.39. The first kappa shape index (κ1) is 12.3. The number of hydrazine groups is 1. The number of aryl methyl sites for hydroxylation is 1. The molecule has 4 nitrogen and oxygen atoms in total. The third-order valence-electron chi connectivity index (χ3n) is 2.38. The first-order chi connectivity index (χ1) is 8.65. The lowest BCUT2D eigenvalue weighted by Crippen LogP contribution is -2.29. The zero-order valence-electron chi connectivity index (χ0n) is 10.0. The summed E-state index contributed by atoms with van der Waals surface area (Å²) in [5.41, 5.74) is 8.13. The molecule has 0 radical (unpaired) electrons. The highest BCUT2D eigenvalue weighted by Crippen LogP contribution is 2.08. The van der Waals surface area contributed by atoms with Gasteiger partial charge in [0.25, 0.3) is 0 Å². The zero-order valence-corrected chi connectivity index (χ0v) is 10.0. The Morgan fingerprint density at radius 3 is 2.72 bits per heavy atom. The first-order valence-corrected chi connectivity index (χ1v) is 5.51. The maximum absolute atomic E-state index is 12.7. The van der Waals surface area contributed by atoms with Crippen molar-refractivity contribution in [3.8, 4) is 0 Å². The molecule has 0 amide bonds. The molecule has 1 heterocycles. The summed E-state index contributed by atoms with van der Waals surface area (Å²) in [6.45, 7) is 6.19. The van der Waals surface area contributed by atoms with Crippen LogP contribution in [-0.4, -0.2) is 5.16 Å². The molecule has 0 saturated heterocycles. The van der Waals surface area contributed by atoms with Crippen LogP contribution in [0.2, 0.25) is 0 Å². The van der Waals surface area contributed by atoms with Gasteiger partial charge in [-0.05, 0) is 24.6 Å². The monoisotopic (exact) mass is 247 g/mol. The summed E-state index contributed by atoms with van der Waals surface area (Å²) in [6.07, 6.45) is 0. The Bertz CT molecular complexity index is 533. The molecule has 94 valence electrons. The molecule has 2 rings (SSSR count). The Morgan fingerprint density at radius 1 is 1.39 bits per heavy atom. The number of nitrogens with zero attached hydrogens (tertiary/aromatic N) is 1. The van der Waals surface area contributed by atoms with Crippen LogP contribution < -0.4 is 10.9 Å². The second kappa shape index (κ2) is 5.46. The van der Waals surface area contributed by atoms with E-state index in [1.807, 2.05) is 6.92 Å². The van der Waals surface area contributed by atoms with E-state index in [9.17, 15) is 4.39 Å². The summed E-state index contributed by atoms with van der Waals surface area (Å²) in [7, 11) is 0. The van der Waals surface area contributed by atoms with Crippen molar-refractivity contribution in [2.24, 2.45) is 0 Å². The molecule has 1 aromatic carbocycles. The van der Waals surface area contributed by atoms with Crippen molar-refractivity contribution in [2.75, 3.05) is 0 Å². The van der Waals surface area contributed by atoms with Crippen molar-refractivity contribution in [3.05, 3.63) is 59.7 Å². The lowest BCUT2D eigenvalue weighted by atomic mass is 10.2. The summed E-state index contributed by atoms with van der Waals surface area (Å²) in [5, 5.41) is 3.83. The highest BCUT2D eigenvalue weighted by Gasteiger charge is 2.03. The minimum Gasteiger partial charge on any atom is -0.361 e. The molecule has 2 N–H and O–H groups in total. The van der Waals surface area contributed by atoms with E-state index in [1.54, 1.807) is 18.2 Å². The smallest absolute Gasteiger partial charge is 0.134 e. The van der Waals surface area contributed by atoms with Gasteiger partial charge in [-0.15, -0.1) is 0 Å². The molecule has 0 atom stereocenters. The van der Waals surface area contributed by atoms with E-state index in [0.29, 0.717) is 17.9 Å². The molecule has 1 aromatic heterocycles. The van der Waals surface area contributed by atoms with Crippen LogP contribution in [0.5, 0.6) is 0 Å². The molecule has 0 unspecified atom stereocenters. The third-order valence-corrected chi connectivity index (χ3v) is 2.38. The molecule has 0 fully saturated rings. The van der Waals surface area contributed by atoms with Gasteiger partial charge in [-0.2, -0.15) is 0 Å². The van der Waals surface area contributed by atoms with Crippen molar-refractivity contribution < 1.29 is 8.91 Å². The van der Waals surface area contributed by atoms with Crippen LogP contribution in [0, 0.1) is 12.7 Å². The summed E-state index contributed by atoms with van der Waals surface area (Å²) >= 11 is 0. The van der Waals surface area contributed by atoms with Crippen LogP contribution in [0.1, 0.15) is 17.0 Å². The van der Waals surface area contributed by atoms with Gasteiger partial charge in [0.05, 0.1) is 5.70 Å². The van der Waals surface area contributed by atoms with Gasteiger partial charge in [0.2, 0.25) is 0 Å². The minimum atomic E-state index is -0.241. The standard InChI is InChI=1S/C13H14FN3O/c1-9-7-13(17-18-9)10(2)16-15-8-11-3-5-12(14)6-4-11/h3-7,15-16H,2,8H2,1H3. The van der Waals surface area contributed by atoms with E-state index >= 15 is 0 Å². The molecule has 0 spiro atoms. The quantitative estimate of drug-likeness (QED) is 0.796. The summed E-state index contributed by atoms with van der Waals surface area (Å²) < 4.78 is 17.6. The molecule has 2 aromatic rings. The van der Waals surface area contributed by atoms with E-state index in [0.717, 1.165) is 11.3 Å². The van der Waals surface area contributed by atoms with Crippen LogP contribution >= 0.6 is 0 Å². The van der Waals surface area contributed by atoms with Gasteiger partial charge in [-0.3, -0.25) is 0 Å². The van der Waals surface area contributed by atoms with Gasteiger partial charge in [-0.25, -0.2) is 9.82 Å². The zero-order chi connectivity index (χ0) is 13.0. The number of nitrogens with one attached hydrogen (secondary N) is 2. The highest BCUT2D eigenvalue weighted by atomic mass is 19.1. The number of aromatic nitrogens is 1. The second-order valence-corrected chi connectivity index (χ2v) is 3.91. The van der Waals surface area contributed by atoms with Gasteiger partial charge < -0.3 is 9.95 Å². The van der Waals surface area contributed by atoms with Crippen LogP contribution in [0.15, 0.2) is 41.4 Å². The molecule has 0 saturated carbocycles. The summed E-state index contributed by atoms with van der Waals surface area (Å²) in [6, 6.07) is 8.06. The molecule has 18 heavy (non-hydrogen) atoms. The average molecular weight is 247 g/mol. The Kier molecular flexibility index (Phi) is 3.74. The fourth-order valence-corrected chi connectivity index (χ4v) is 1.43. The van der Waals surface area contributed by atoms with Gasteiger partial charge in [0.1, 0.15) is 17.3 Å². The fraction of sp³-hybridized carbons (Fsp3) is 0.154. The molecular weight excluding hydrogens is 233 g/mol. The second-order valence-electron chi connectivity index (χ2n) is 3.91. The van der Waals surface area contributed by atoms with Crippen molar-refractivity contribution in [1.29, 1.82) is 0 Å². The Hall–Kier alpha value is -2.14. The molecule has 0 aliphatic heterocycles. The molecule has 0 aliphatic carbocycles. The van der Waals surface area contributed by atoms with E-state index in [2.05, 4.69) is 22.6 Å².